The van der Waals surface area contributed by atoms with Crippen molar-refractivity contribution in [2.75, 3.05) is 65.4 Å². The second-order valence-electron chi connectivity index (χ2n) is 18.9. The van der Waals surface area contributed by atoms with Crippen molar-refractivity contribution < 1.29 is 0 Å². The molecule has 372 valence electrons. The standard InChI is InChI=1S/2C30H31N7/c2*1-23-10-7-11-24(2)28(23)37-30(32-33-34-37)29(26-15-8-16-27(22-26)31-3)36-20-18-35(19-21-36)17-9-14-25-12-5-4-6-13-25/h2*4-16,22,29H,17-21H2,1-2H3/b2*14-9+/t2*29-/m10/s1. The summed E-state index contributed by atoms with van der Waals surface area (Å²) in [5, 5.41) is 26.1. The van der Waals surface area contributed by atoms with Gasteiger partial charge in [-0.15, -0.1) is 10.2 Å². The van der Waals surface area contributed by atoms with Crippen LogP contribution in [0.1, 0.15) is 68.2 Å². The van der Waals surface area contributed by atoms with E-state index < -0.39 is 0 Å². The molecule has 0 aliphatic carbocycles. The van der Waals surface area contributed by atoms with E-state index in [1.54, 1.807) is 0 Å². The molecule has 2 aromatic heterocycles. The molecular formula is C60H62N14. The fraction of sp³-hybridized carbons (Fsp3) is 0.267. The second-order valence-corrected chi connectivity index (χ2v) is 18.9. The first-order valence-electron chi connectivity index (χ1n) is 25.3. The second kappa shape index (κ2) is 24.5. The topological polar surface area (TPSA) is 109 Å². The minimum absolute atomic E-state index is 0.155. The van der Waals surface area contributed by atoms with Gasteiger partial charge in [0.05, 0.1) is 36.6 Å². The number of nitrogens with zero attached hydrogens (tertiary/aromatic N) is 14. The van der Waals surface area contributed by atoms with Crippen LogP contribution in [0.5, 0.6) is 0 Å². The first kappa shape index (κ1) is 50.7. The van der Waals surface area contributed by atoms with E-state index in [9.17, 15) is 0 Å². The predicted octanol–water partition coefficient (Wildman–Crippen LogP) is 10.5. The maximum Gasteiger partial charge on any atom is 0.187 e. The highest BCUT2D eigenvalue weighted by molar-refractivity contribution is 5.53. The molecule has 0 radical (unpaired) electrons. The van der Waals surface area contributed by atoms with Gasteiger partial charge in [0, 0.05) is 65.4 Å². The minimum Gasteiger partial charge on any atom is -0.297 e. The smallest absolute Gasteiger partial charge is 0.187 e. The zero-order valence-corrected chi connectivity index (χ0v) is 42.7. The van der Waals surface area contributed by atoms with Gasteiger partial charge in [-0.1, -0.05) is 170 Å². The number of rotatable bonds is 14. The fourth-order valence-electron chi connectivity index (χ4n) is 10.1. The van der Waals surface area contributed by atoms with E-state index in [0.717, 1.165) is 122 Å². The molecule has 14 heteroatoms. The van der Waals surface area contributed by atoms with Crippen LogP contribution in [0.15, 0.2) is 158 Å². The summed E-state index contributed by atoms with van der Waals surface area (Å²) in [6.07, 6.45) is 8.85. The molecule has 74 heavy (non-hydrogen) atoms. The maximum absolute atomic E-state index is 7.54. The van der Waals surface area contributed by atoms with Crippen molar-refractivity contribution in [2.45, 2.75) is 39.8 Å². The van der Waals surface area contributed by atoms with Crippen molar-refractivity contribution in [3.63, 3.8) is 0 Å². The SMILES string of the molecule is [C-]#[N+]c1cccc([C@@H](c2nnnn2-c2c(C)cccc2C)N2CCN(C/C=C/c3ccccc3)CC2)c1.[C-]#[N+]c1cccc([C@H](c2nnnn2-c2c(C)cccc2C)N2CCN(C/C=C/c3ccccc3)CC2)c1. The molecule has 2 aliphatic rings. The van der Waals surface area contributed by atoms with E-state index in [-0.39, 0.29) is 12.1 Å². The Bertz CT molecular complexity index is 3000. The van der Waals surface area contributed by atoms with Gasteiger partial charge < -0.3 is 0 Å². The van der Waals surface area contributed by atoms with Gasteiger partial charge in [-0.2, -0.15) is 9.36 Å². The van der Waals surface area contributed by atoms with E-state index in [1.807, 2.05) is 57.9 Å². The van der Waals surface area contributed by atoms with E-state index in [2.05, 4.69) is 209 Å². The number of aromatic nitrogens is 8. The number of tetrazole rings is 2. The molecule has 6 aromatic carbocycles. The molecule has 0 amide bonds. The Morgan fingerprint density at radius 3 is 1.19 bits per heavy atom. The van der Waals surface area contributed by atoms with Crippen LogP contribution in [0, 0.1) is 40.8 Å². The van der Waals surface area contributed by atoms with Crippen molar-refractivity contribution in [2.24, 2.45) is 0 Å². The van der Waals surface area contributed by atoms with E-state index in [0.29, 0.717) is 11.4 Å². The highest BCUT2D eigenvalue weighted by Gasteiger charge is 2.33. The van der Waals surface area contributed by atoms with Crippen molar-refractivity contribution in [1.82, 2.24) is 60.0 Å². The molecule has 0 bridgehead atoms. The summed E-state index contributed by atoms with van der Waals surface area (Å²) in [6, 6.07) is 48.7. The Kier molecular flexibility index (Phi) is 16.8. The van der Waals surface area contributed by atoms with E-state index in [1.165, 1.54) is 11.1 Å². The van der Waals surface area contributed by atoms with Gasteiger partial charge >= 0.3 is 0 Å². The third-order valence-corrected chi connectivity index (χ3v) is 13.9. The van der Waals surface area contributed by atoms with Crippen LogP contribution in [0.3, 0.4) is 0 Å². The number of piperazine rings is 2. The number of hydrogen-bond donors (Lipinski definition) is 0. The normalized spacial score (nSPS) is 15.6. The molecule has 0 spiro atoms. The van der Waals surface area contributed by atoms with Crippen molar-refractivity contribution in [3.05, 3.63) is 237 Å². The zero-order chi connectivity index (χ0) is 51.2. The summed E-state index contributed by atoms with van der Waals surface area (Å²) in [5.41, 5.74) is 12.3. The first-order chi connectivity index (χ1) is 36.3. The minimum atomic E-state index is -0.155. The molecule has 14 nitrogen and oxygen atoms in total. The molecule has 2 atom stereocenters. The Labute approximate surface area is 435 Å². The third kappa shape index (κ3) is 12.2. The molecule has 0 unspecified atom stereocenters. The van der Waals surface area contributed by atoms with Gasteiger partial charge in [0.25, 0.3) is 0 Å². The Morgan fingerprint density at radius 2 is 0.824 bits per heavy atom. The van der Waals surface area contributed by atoms with Gasteiger partial charge in [0.1, 0.15) is 0 Å². The molecule has 2 aliphatic heterocycles. The molecule has 0 saturated carbocycles. The average molecular weight is 979 g/mol. The molecule has 0 N–H and O–H groups in total. The molecule has 4 heterocycles. The largest absolute Gasteiger partial charge is 0.297 e. The summed E-state index contributed by atoms with van der Waals surface area (Å²) >= 11 is 0. The van der Waals surface area contributed by atoms with Gasteiger partial charge in [-0.3, -0.25) is 19.6 Å². The molecule has 8 aromatic rings. The van der Waals surface area contributed by atoms with Gasteiger partial charge in [-0.25, -0.2) is 9.69 Å². The quantitative estimate of drug-likeness (QED) is 0.0978. The summed E-state index contributed by atoms with van der Waals surface area (Å²) in [6.45, 7) is 32.6. The highest BCUT2D eigenvalue weighted by Crippen LogP contribution is 2.34. The van der Waals surface area contributed by atoms with E-state index >= 15 is 0 Å². The van der Waals surface area contributed by atoms with Crippen LogP contribution >= 0.6 is 0 Å². The lowest BCUT2D eigenvalue weighted by atomic mass is 10.0. The average Bonchev–Trinajstić information content (AvgIpc) is 4.11. The van der Waals surface area contributed by atoms with Crippen LogP contribution in [0.25, 0.3) is 33.2 Å². The van der Waals surface area contributed by atoms with Crippen LogP contribution < -0.4 is 0 Å². The molecular weight excluding hydrogens is 917 g/mol. The Morgan fingerprint density at radius 1 is 0.459 bits per heavy atom. The highest BCUT2D eigenvalue weighted by atomic mass is 15.6. The fourth-order valence-corrected chi connectivity index (χ4v) is 10.1. The Hall–Kier alpha value is -8.24. The number of benzene rings is 6. The van der Waals surface area contributed by atoms with Crippen molar-refractivity contribution in [1.29, 1.82) is 0 Å². The summed E-state index contributed by atoms with van der Waals surface area (Å²) in [7, 11) is 0. The molecule has 2 saturated heterocycles. The summed E-state index contributed by atoms with van der Waals surface area (Å²) < 4.78 is 3.77. The third-order valence-electron chi connectivity index (χ3n) is 13.9. The summed E-state index contributed by atoms with van der Waals surface area (Å²) in [4.78, 5) is 17.2. The van der Waals surface area contributed by atoms with Crippen molar-refractivity contribution >= 4 is 23.5 Å². The Balaban J connectivity index is 0.000000182. The van der Waals surface area contributed by atoms with Crippen LogP contribution in [-0.2, 0) is 0 Å². The lowest BCUT2D eigenvalue weighted by Gasteiger charge is -2.38. The van der Waals surface area contributed by atoms with Gasteiger partial charge in [0.15, 0.2) is 23.0 Å². The van der Waals surface area contributed by atoms with Gasteiger partial charge in [0.2, 0.25) is 0 Å². The number of para-hydroxylation sites is 2. The lowest BCUT2D eigenvalue weighted by molar-refractivity contribution is 0.113. The molecule has 10 rings (SSSR count). The number of aryl methyl sites for hydroxylation is 4. The maximum atomic E-state index is 7.54. The van der Waals surface area contributed by atoms with Crippen LogP contribution in [0.4, 0.5) is 11.4 Å². The zero-order valence-electron chi connectivity index (χ0n) is 42.7. The van der Waals surface area contributed by atoms with Crippen LogP contribution in [-0.4, -0.2) is 125 Å². The first-order valence-corrected chi connectivity index (χ1v) is 25.3. The lowest BCUT2D eigenvalue weighted by Crippen LogP contribution is -2.48. The van der Waals surface area contributed by atoms with Gasteiger partial charge in [-0.05, 0) is 93.1 Å². The molecule has 2 fully saturated rings. The number of hydrogen-bond acceptors (Lipinski definition) is 10. The van der Waals surface area contributed by atoms with Crippen LogP contribution in [0.2, 0.25) is 0 Å². The van der Waals surface area contributed by atoms with Crippen molar-refractivity contribution in [3.8, 4) is 11.4 Å². The summed E-state index contributed by atoms with van der Waals surface area (Å²) in [5.74, 6) is 1.55. The monoisotopic (exact) mass is 979 g/mol. The van der Waals surface area contributed by atoms with E-state index in [4.69, 9.17) is 13.1 Å². The predicted molar refractivity (Wildman–Crippen MR) is 293 cm³/mol.